The van der Waals surface area contributed by atoms with Crippen molar-refractivity contribution in [3.63, 3.8) is 0 Å². The van der Waals surface area contributed by atoms with Crippen LogP contribution in [0.5, 0.6) is 0 Å². The van der Waals surface area contributed by atoms with Crippen molar-refractivity contribution < 1.29 is 29.4 Å². The molecule has 0 saturated heterocycles. The summed E-state index contributed by atoms with van der Waals surface area (Å²) >= 11 is 0. The SMILES string of the molecule is N[C@@H](CCC(=O)O)C(=O)N[C@@H](Cc1c[nH]cn1)C(=O)N[C@H](Cc1ccccc1)C(=O)O. The summed E-state index contributed by atoms with van der Waals surface area (Å²) in [4.78, 5) is 54.3. The molecular formula is C20H25N5O6. The van der Waals surface area contributed by atoms with Crippen LogP contribution >= 0.6 is 0 Å². The minimum Gasteiger partial charge on any atom is -0.481 e. The van der Waals surface area contributed by atoms with Crippen LogP contribution in [0.1, 0.15) is 24.1 Å². The fourth-order valence-electron chi connectivity index (χ4n) is 2.83. The van der Waals surface area contributed by atoms with Gasteiger partial charge in [-0.1, -0.05) is 30.3 Å². The first-order valence-electron chi connectivity index (χ1n) is 9.58. The third-order valence-corrected chi connectivity index (χ3v) is 4.50. The van der Waals surface area contributed by atoms with Gasteiger partial charge in [0.15, 0.2) is 0 Å². The molecule has 0 radical (unpaired) electrons. The van der Waals surface area contributed by atoms with Crippen molar-refractivity contribution in [2.75, 3.05) is 0 Å². The number of nitrogens with two attached hydrogens (primary N) is 1. The Morgan fingerprint density at radius 1 is 1.00 bits per heavy atom. The van der Waals surface area contributed by atoms with E-state index in [-0.39, 0.29) is 25.7 Å². The summed E-state index contributed by atoms with van der Waals surface area (Å²) < 4.78 is 0. The minimum atomic E-state index is -1.22. The number of hydrogen-bond donors (Lipinski definition) is 6. The summed E-state index contributed by atoms with van der Waals surface area (Å²) in [5.74, 6) is -3.75. The molecule has 0 aliphatic heterocycles. The van der Waals surface area contributed by atoms with Gasteiger partial charge in [0, 0.05) is 25.5 Å². The zero-order chi connectivity index (χ0) is 22.8. The molecule has 0 spiro atoms. The van der Waals surface area contributed by atoms with Crippen LogP contribution in [0, 0.1) is 0 Å². The molecule has 11 nitrogen and oxygen atoms in total. The van der Waals surface area contributed by atoms with Crippen LogP contribution in [-0.4, -0.2) is 62.1 Å². The van der Waals surface area contributed by atoms with Gasteiger partial charge < -0.3 is 31.6 Å². The number of nitrogens with zero attached hydrogens (tertiary/aromatic N) is 1. The van der Waals surface area contributed by atoms with Crippen molar-refractivity contribution in [1.82, 2.24) is 20.6 Å². The highest BCUT2D eigenvalue weighted by Gasteiger charge is 2.29. The maximum Gasteiger partial charge on any atom is 0.326 e. The van der Waals surface area contributed by atoms with E-state index in [0.717, 1.165) is 5.56 Å². The first-order valence-corrected chi connectivity index (χ1v) is 9.58. The Hall–Kier alpha value is -3.73. The number of benzene rings is 1. The van der Waals surface area contributed by atoms with Crippen molar-refractivity contribution in [3.8, 4) is 0 Å². The fraction of sp³-hybridized carbons (Fsp3) is 0.350. The predicted octanol–water partition coefficient (Wildman–Crippen LogP) is -0.559. The smallest absolute Gasteiger partial charge is 0.326 e. The monoisotopic (exact) mass is 431 g/mol. The van der Waals surface area contributed by atoms with Crippen LogP contribution in [0.15, 0.2) is 42.9 Å². The van der Waals surface area contributed by atoms with Crippen molar-refractivity contribution >= 4 is 23.8 Å². The van der Waals surface area contributed by atoms with Gasteiger partial charge in [0.05, 0.1) is 18.1 Å². The van der Waals surface area contributed by atoms with Crippen molar-refractivity contribution in [2.24, 2.45) is 5.73 Å². The molecule has 1 aromatic carbocycles. The molecule has 2 aromatic rings. The molecule has 0 saturated carbocycles. The topological polar surface area (TPSA) is 188 Å². The zero-order valence-corrected chi connectivity index (χ0v) is 16.7. The van der Waals surface area contributed by atoms with E-state index in [1.807, 2.05) is 0 Å². The molecule has 0 unspecified atom stereocenters. The number of H-pyrrole nitrogens is 1. The molecule has 0 aliphatic carbocycles. The number of amides is 2. The van der Waals surface area contributed by atoms with Gasteiger partial charge in [0.2, 0.25) is 11.8 Å². The Morgan fingerprint density at radius 3 is 2.26 bits per heavy atom. The second-order valence-electron chi connectivity index (χ2n) is 6.95. The molecule has 0 fully saturated rings. The number of nitrogens with one attached hydrogen (secondary N) is 3. The van der Waals surface area contributed by atoms with E-state index in [0.29, 0.717) is 5.69 Å². The number of aromatic nitrogens is 2. The Kier molecular flexibility index (Phi) is 8.70. The van der Waals surface area contributed by atoms with Crippen molar-refractivity contribution in [2.45, 2.75) is 43.8 Å². The van der Waals surface area contributed by atoms with E-state index in [2.05, 4.69) is 20.6 Å². The van der Waals surface area contributed by atoms with E-state index in [9.17, 15) is 24.3 Å². The molecule has 2 rings (SSSR count). The summed E-state index contributed by atoms with van der Waals surface area (Å²) in [6.07, 6.45) is 2.58. The van der Waals surface area contributed by atoms with Gasteiger partial charge in [-0.15, -0.1) is 0 Å². The van der Waals surface area contributed by atoms with Crippen LogP contribution in [0.4, 0.5) is 0 Å². The van der Waals surface area contributed by atoms with Gasteiger partial charge in [-0.05, 0) is 12.0 Å². The van der Waals surface area contributed by atoms with Gasteiger partial charge >= 0.3 is 11.9 Å². The van der Waals surface area contributed by atoms with Crippen LogP contribution in [0.25, 0.3) is 0 Å². The average molecular weight is 431 g/mol. The number of aromatic amines is 1. The van der Waals surface area contributed by atoms with Crippen molar-refractivity contribution in [1.29, 1.82) is 0 Å². The number of hydrogen-bond acceptors (Lipinski definition) is 6. The van der Waals surface area contributed by atoms with Crippen LogP contribution in [0.3, 0.4) is 0 Å². The van der Waals surface area contributed by atoms with Gasteiger partial charge in [-0.25, -0.2) is 9.78 Å². The Balaban J connectivity index is 2.09. The lowest BCUT2D eigenvalue weighted by atomic mass is 10.0. The van der Waals surface area contributed by atoms with Crippen LogP contribution in [0.2, 0.25) is 0 Å². The first-order chi connectivity index (χ1) is 14.8. The van der Waals surface area contributed by atoms with E-state index in [1.54, 1.807) is 30.3 Å². The number of carboxylic acid groups (broad SMARTS) is 2. The zero-order valence-electron chi connectivity index (χ0n) is 16.7. The molecule has 166 valence electrons. The lowest BCUT2D eigenvalue weighted by Crippen LogP contribution is -2.55. The lowest BCUT2D eigenvalue weighted by Gasteiger charge is -2.22. The Labute approximate surface area is 178 Å². The first kappa shape index (κ1) is 23.5. The third kappa shape index (κ3) is 7.90. The molecule has 0 bridgehead atoms. The minimum absolute atomic E-state index is 0.00952. The highest BCUT2D eigenvalue weighted by molar-refractivity contribution is 5.92. The molecule has 7 N–H and O–H groups in total. The van der Waals surface area contributed by atoms with Gasteiger partial charge in [0.1, 0.15) is 12.1 Å². The van der Waals surface area contributed by atoms with E-state index in [4.69, 9.17) is 10.8 Å². The summed E-state index contributed by atoms with van der Waals surface area (Å²) in [5, 5.41) is 23.2. The fourth-order valence-corrected chi connectivity index (χ4v) is 2.83. The molecular weight excluding hydrogens is 406 g/mol. The van der Waals surface area contributed by atoms with Crippen LogP contribution in [-0.2, 0) is 32.0 Å². The molecule has 0 aliphatic rings. The number of aliphatic carboxylic acids is 2. The quantitative estimate of drug-likeness (QED) is 0.258. The van der Waals surface area contributed by atoms with Gasteiger partial charge in [0.25, 0.3) is 0 Å². The molecule has 2 amide bonds. The maximum atomic E-state index is 12.8. The molecule has 31 heavy (non-hydrogen) atoms. The van der Waals surface area contributed by atoms with Gasteiger partial charge in [-0.2, -0.15) is 0 Å². The lowest BCUT2D eigenvalue weighted by molar-refractivity contribution is -0.142. The van der Waals surface area contributed by atoms with Crippen molar-refractivity contribution in [3.05, 3.63) is 54.1 Å². The number of carbonyl (C=O) groups excluding carboxylic acids is 2. The summed E-state index contributed by atoms with van der Waals surface area (Å²) in [7, 11) is 0. The van der Waals surface area contributed by atoms with E-state index < -0.39 is 41.9 Å². The Bertz CT molecular complexity index is 887. The average Bonchev–Trinajstić information content (AvgIpc) is 3.24. The number of carboxylic acids is 2. The summed E-state index contributed by atoms with van der Waals surface area (Å²) in [5.41, 5.74) is 6.90. The molecule has 1 heterocycles. The molecule has 1 aromatic heterocycles. The van der Waals surface area contributed by atoms with E-state index in [1.165, 1.54) is 12.5 Å². The predicted molar refractivity (Wildman–Crippen MR) is 109 cm³/mol. The number of carbonyl (C=O) groups is 4. The second-order valence-corrected chi connectivity index (χ2v) is 6.95. The highest BCUT2D eigenvalue weighted by Crippen LogP contribution is 2.06. The largest absolute Gasteiger partial charge is 0.481 e. The standard InChI is InChI=1S/C20H25N5O6/c21-14(6-7-17(26)27)18(28)24-15(9-13-10-22-11-23-13)19(29)25-16(20(30)31)8-12-4-2-1-3-5-12/h1-5,10-11,14-16H,6-9,21H2,(H,22,23)(H,24,28)(H,25,29)(H,26,27)(H,30,31)/t14-,15-,16+/m0/s1. The summed E-state index contributed by atoms with van der Waals surface area (Å²) in [6, 6.07) is 5.30. The number of imidazole rings is 1. The maximum absolute atomic E-state index is 12.8. The molecule has 3 atom stereocenters. The van der Waals surface area contributed by atoms with Crippen LogP contribution < -0.4 is 16.4 Å². The number of rotatable bonds is 12. The summed E-state index contributed by atoms with van der Waals surface area (Å²) in [6.45, 7) is 0. The molecule has 11 heteroatoms. The van der Waals surface area contributed by atoms with Gasteiger partial charge in [-0.3, -0.25) is 14.4 Å². The highest BCUT2D eigenvalue weighted by atomic mass is 16.4. The van der Waals surface area contributed by atoms with E-state index >= 15 is 0 Å². The third-order valence-electron chi connectivity index (χ3n) is 4.50. The normalized spacial score (nSPS) is 13.6. The second kappa shape index (κ2) is 11.5. The Morgan fingerprint density at radius 2 is 1.68 bits per heavy atom.